The van der Waals surface area contributed by atoms with Crippen LogP contribution in [-0.2, 0) is 19.1 Å². The number of amides is 1. The molecule has 1 aromatic rings. The van der Waals surface area contributed by atoms with Crippen molar-refractivity contribution in [2.75, 3.05) is 46.1 Å². The van der Waals surface area contributed by atoms with E-state index in [-0.39, 0.29) is 11.9 Å². The molecule has 0 radical (unpaired) electrons. The van der Waals surface area contributed by atoms with E-state index in [1.807, 2.05) is 30.3 Å². The molecule has 1 N–H and O–H groups in total. The predicted molar refractivity (Wildman–Crippen MR) is 101 cm³/mol. The van der Waals surface area contributed by atoms with Crippen LogP contribution in [0.25, 0.3) is 0 Å². The van der Waals surface area contributed by atoms with Gasteiger partial charge in [-0.3, -0.25) is 9.69 Å². The standard InChI is InChI=1S/C20H27N3O4/c24-20(19-12-17(22-27-19)15-4-2-1-3-5-15)21-13-18(16-6-9-26-14-16)23-7-10-25-11-8-23/h1-5,16,18-19H,6-14H2,(H,21,24). The molecule has 1 amide bonds. The van der Waals surface area contributed by atoms with Crippen molar-refractivity contribution >= 4 is 11.6 Å². The van der Waals surface area contributed by atoms with E-state index in [1.54, 1.807) is 0 Å². The topological polar surface area (TPSA) is 72.4 Å². The van der Waals surface area contributed by atoms with Gasteiger partial charge in [-0.15, -0.1) is 0 Å². The van der Waals surface area contributed by atoms with Crippen molar-refractivity contribution in [2.45, 2.75) is 25.0 Å². The number of benzene rings is 1. The Morgan fingerprint density at radius 3 is 2.74 bits per heavy atom. The SMILES string of the molecule is O=C(NCC(C1CCOC1)N1CCOCC1)C1CC(c2ccccc2)=NO1. The summed E-state index contributed by atoms with van der Waals surface area (Å²) in [5, 5.41) is 7.21. The molecule has 0 spiro atoms. The average molecular weight is 373 g/mol. The lowest BCUT2D eigenvalue weighted by Crippen LogP contribution is -2.53. The minimum atomic E-state index is -0.551. The maximum atomic E-state index is 12.6. The maximum absolute atomic E-state index is 12.6. The Bertz CT molecular complexity index is 654. The summed E-state index contributed by atoms with van der Waals surface area (Å²) in [5.74, 6) is 0.353. The van der Waals surface area contributed by atoms with E-state index in [2.05, 4.69) is 15.4 Å². The third kappa shape index (κ3) is 4.48. The van der Waals surface area contributed by atoms with Gasteiger partial charge < -0.3 is 19.6 Å². The molecular weight excluding hydrogens is 346 g/mol. The number of hydrogen-bond acceptors (Lipinski definition) is 6. The average Bonchev–Trinajstić information content (AvgIpc) is 3.42. The Balaban J connectivity index is 1.32. The summed E-state index contributed by atoms with van der Waals surface area (Å²) in [4.78, 5) is 20.5. The normalized spacial score (nSPS) is 27.0. The second-order valence-electron chi connectivity index (χ2n) is 7.29. The monoisotopic (exact) mass is 373 g/mol. The van der Waals surface area contributed by atoms with Gasteiger partial charge in [0.25, 0.3) is 5.91 Å². The molecule has 146 valence electrons. The number of rotatable bonds is 6. The number of nitrogens with one attached hydrogen (secondary N) is 1. The number of oxime groups is 1. The van der Waals surface area contributed by atoms with E-state index in [0.29, 0.717) is 18.9 Å². The number of ether oxygens (including phenoxy) is 2. The Kier molecular flexibility index (Phi) is 6.01. The van der Waals surface area contributed by atoms with Crippen molar-refractivity contribution in [3.63, 3.8) is 0 Å². The highest BCUT2D eigenvalue weighted by molar-refractivity contribution is 6.04. The third-order valence-corrected chi connectivity index (χ3v) is 5.58. The van der Waals surface area contributed by atoms with Crippen LogP contribution in [0.5, 0.6) is 0 Å². The molecule has 3 atom stereocenters. The highest BCUT2D eigenvalue weighted by Gasteiger charge is 2.34. The summed E-state index contributed by atoms with van der Waals surface area (Å²) in [6.07, 6.45) is 0.995. The van der Waals surface area contributed by atoms with E-state index in [9.17, 15) is 4.79 Å². The zero-order chi connectivity index (χ0) is 18.5. The van der Waals surface area contributed by atoms with Gasteiger partial charge in [0.2, 0.25) is 6.10 Å². The Hall–Kier alpha value is -1.96. The number of morpholine rings is 1. The van der Waals surface area contributed by atoms with Gasteiger partial charge in [-0.05, 0) is 12.0 Å². The van der Waals surface area contributed by atoms with Crippen molar-refractivity contribution in [2.24, 2.45) is 11.1 Å². The van der Waals surface area contributed by atoms with Gasteiger partial charge in [-0.2, -0.15) is 0 Å². The number of carbonyl (C=O) groups excluding carboxylic acids is 1. The highest BCUT2D eigenvalue weighted by Crippen LogP contribution is 2.22. The molecule has 1 aromatic carbocycles. The summed E-state index contributed by atoms with van der Waals surface area (Å²) in [7, 11) is 0. The van der Waals surface area contributed by atoms with Crippen LogP contribution in [0, 0.1) is 5.92 Å². The number of nitrogens with zero attached hydrogens (tertiary/aromatic N) is 2. The molecule has 3 aliphatic rings. The fraction of sp³-hybridized carbons (Fsp3) is 0.600. The van der Waals surface area contributed by atoms with Crippen molar-refractivity contribution in [1.29, 1.82) is 0 Å². The molecular formula is C20H27N3O4. The highest BCUT2D eigenvalue weighted by atomic mass is 16.6. The van der Waals surface area contributed by atoms with Crippen LogP contribution >= 0.6 is 0 Å². The van der Waals surface area contributed by atoms with Crippen LogP contribution in [0.1, 0.15) is 18.4 Å². The lowest BCUT2D eigenvalue weighted by atomic mass is 9.96. The zero-order valence-electron chi connectivity index (χ0n) is 15.5. The van der Waals surface area contributed by atoms with Crippen LogP contribution in [0.2, 0.25) is 0 Å². The first-order valence-corrected chi connectivity index (χ1v) is 9.76. The molecule has 0 bridgehead atoms. The quantitative estimate of drug-likeness (QED) is 0.807. The van der Waals surface area contributed by atoms with Gasteiger partial charge in [-0.1, -0.05) is 35.5 Å². The van der Waals surface area contributed by atoms with Crippen LogP contribution in [0.3, 0.4) is 0 Å². The first-order valence-electron chi connectivity index (χ1n) is 9.76. The molecule has 0 saturated carbocycles. The lowest BCUT2D eigenvalue weighted by Gasteiger charge is -2.37. The number of hydrogen-bond donors (Lipinski definition) is 1. The van der Waals surface area contributed by atoms with E-state index >= 15 is 0 Å². The zero-order valence-corrected chi connectivity index (χ0v) is 15.5. The van der Waals surface area contributed by atoms with Crippen molar-refractivity contribution in [3.8, 4) is 0 Å². The van der Waals surface area contributed by atoms with Crippen molar-refractivity contribution in [1.82, 2.24) is 10.2 Å². The maximum Gasteiger partial charge on any atom is 0.264 e. The lowest BCUT2D eigenvalue weighted by molar-refractivity contribution is -0.131. The van der Waals surface area contributed by atoms with E-state index < -0.39 is 6.10 Å². The molecule has 2 fully saturated rings. The summed E-state index contributed by atoms with van der Waals surface area (Å²) >= 11 is 0. The fourth-order valence-corrected chi connectivity index (χ4v) is 4.00. The van der Waals surface area contributed by atoms with Crippen LogP contribution < -0.4 is 5.32 Å². The summed E-state index contributed by atoms with van der Waals surface area (Å²) in [5.41, 5.74) is 1.83. The van der Waals surface area contributed by atoms with Gasteiger partial charge in [0.05, 0.1) is 25.5 Å². The van der Waals surface area contributed by atoms with Crippen molar-refractivity contribution < 1.29 is 19.1 Å². The van der Waals surface area contributed by atoms with E-state index in [1.165, 1.54) is 0 Å². The molecule has 7 heteroatoms. The fourth-order valence-electron chi connectivity index (χ4n) is 4.00. The van der Waals surface area contributed by atoms with Gasteiger partial charge >= 0.3 is 0 Å². The van der Waals surface area contributed by atoms with Gasteiger partial charge in [0.1, 0.15) is 0 Å². The second kappa shape index (κ2) is 8.82. The molecule has 0 aliphatic carbocycles. The van der Waals surface area contributed by atoms with E-state index in [0.717, 1.165) is 57.2 Å². The smallest absolute Gasteiger partial charge is 0.264 e. The minimum absolute atomic E-state index is 0.0955. The second-order valence-corrected chi connectivity index (χ2v) is 7.29. The summed E-state index contributed by atoms with van der Waals surface area (Å²) in [6, 6.07) is 10.1. The number of carbonyl (C=O) groups is 1. The van der Waals surface area contributed by atoms with E-state index in [4.69, 9.17) is 14.3 Å². The predicted octanol–water partition coefficient (Wildman–Crippen LogP) is 1.03. The molecule has 7 nitrogen and oxygen atoms in total. The Morgan fingerprint density at radius 2 is 2.00 bits per heavy atom. The van der Waals surface area contributed by atoms with Gasteiger partial charge in [0, 0.05) is 44.6 Å². The minimum Gasteiger partial charge on any atom is -0.382 e. The van der Waals surface area contributed by atoms with Gasteiger partial charge in [-0.25, -0.2) is 0 Å². The van der Waals surface area contributed by atoms with Crippen LogP contribution in [-0.4, -0.2) is 74.7 Å². The Labute approximate surface area is 159 Å². The van der Waals surface area contributed by atoms with Crippen molar-refractivity contribution in [3.05, 3.63) is 35.9 Å². The largest absolute Gasteiger partial charge is 0.382 e. The molecule has 4 rings (SSSR count). The summed E-state index contributed by atoms with van der Waals surface area (Å²) < 4.78 is 11.1. The molecule has 3 aliphatic heterocycles. The molecule has 2 saturated heterocycles. The van der Waals surface area contributed by atoms with Crippen LogP contribution in [0.4, 0.5) is 0 Å². The Morgan fingerprint density at radius 1 is 1.19 bits per heavy atom. The molecule has 0 aromatic heterocycles. The van der Waals surface area contributed by atoms with Gasteiger partial charge in [0.15, 0.2) is 0 Å². The molecule has 3 unspecified atom stereocenters. The third-order valence-electron chi connectivity index (χ3n) is 5.58. The molecule has 27 heavy (non-hydrogen) atoms. The van der Waals surface area contributed by atoms with Crippen LogP contribution in [0.15, 0.2) is 35.5 Å². The summed E-state index contributed by atoms with van der Waals surface area (Å²) in [6.45, 7) is 5.47. The molecule has 3 heterocycles. The first kappa shape index (κ1) is 18.4. The first-order chi connectivity index (χ1) is 13.3.